The van der Waals surface area contributed by atoms with Crippen molar-refractivity contribution in [3.8, 4) is 11.4 Å². The van der Waals surface area contributed by atoms with Crippen LogP contribution in [0, 0.1) is 0 Å². The van der Waals surface area contributed by atoms with Crippen LogP contribution in [0.25, 0.3) is 22.4 Å². The Bertz CT molecular complexity index is 1070. The zero-order chi connectivity index (χ0) is 18.1. The van der Waals surface area contributed by atoms with Gasteiger partial charge in [0.25, 0.3) is 0 Å². The van der Waals surface area contributed by atoms with E-state index in [0.29, 0.717) is 27.5 Å². The van der Waals surface area contributed by atoms with E-state index in [0.717, 1.165) is 22.2 Å². The summed E-state index contributed by atoms with van der Waals surface area (Å²) >= 11 is 18.4. The van der Waals surface area contributed by atoms with Crippen LogP contribution in [0.3, 0.4) is 0 Å². The van der Waals surface area contributed by atoms with Crippen molar-refractivity contribution < 1.29 is 4.84 Å². The lowest BCUT2D eigenvalue weighted by atomic mass is 10.2. The van der Waals surface area contributed by atoms with Gasteiger partial charge in [-0.3, -0.25) is 0 Å². The van der Waals surface area contributed by atoms with Gasteiger partial charge in [0.15, 0.2) is 5.82 Å². The maximum atomic E-state index is 6.24. The normalized spacial score (nSPS) is 11.0. The number of benzene rings is 3. The number of nitrogens with zero attached hydrogens (tertiary/aromatic N) is 2. The van der Waals surface area contributed by atoms with Crippen LogP contribution in [-0.4, -0.2) is 9.71 Å². The predicted octanol–water partition coefficient (Wildman–Crippen LogP) is 6.29. The molecule has 0 unspecified atom stereocenters. The highest BCUT2D eigenvalue weighted by atomic mass is 35.5. The van der Waals surface area contributed by atoms with Crippen molar-refractivity contribution in [1.29, 1.82) is 0 Å². The van der Waals surface area contributed by atoms with Crippen molar-refractivity contribution >= 4 is 45.8 Å². The van der Waals surface area contributed by atoms with Gasteiger partial charge in [-0.1, -0.05) is 53.0 Å². The fourth-order valence-electron chi connectivity index (χ4n) is 2.69. The van der Waals surface area contributed by atoms with E-state index < -0.39 is 0 Å². The average Bonchev–Trinajstić information content (AvgIpc) is 2.99. The van der Waals surface area contributed by atoms with Gasteiger partial charge in [-0.2, -0.15) is 4.73 Å². The summed E-state index contributed by atoms with van der Waals surface area (Å²) in [5, 5.41) is 1.93. The van der Waals surface area contributed by atoms with Gasteiger partial charge < -0.3 is 4.84 Å². The molecule has 0 saturated carbocycles. The minimum absolute atomic E-state index is 0.304. The van der Waals surface area contributed by atoms with E-state index >= 15 is 0 Å². The largest absolute Gasteiger partial charge is 0.407 e. The molecule has 3 nitrogen and oxygen atoms in total. The molecule has 4 aromatic rings. The van der Waals surface area contributed by atoms with Gasteiger partial charge in [-0.25, -0.2) is 4.98 Å². The minimum Gasteiger partial charge on any atom is -0.407 e. The Morgan fingerprint density at radius 3 is 2.35 bits per heavy atom. The number of halogens is 3. The van der Waals surface area contributed by atoms with Crippen LogP contribution in [-0.2, 0) is 6.61 Å². The molecule has 0 atom stereocenters. The Hall–Kier alpha value is -2.20. The Morgan fingerprint density at radius 1 is 0.846 bits per heavy atom. The minimum atomic E-state index is 0.304. The smallest absolute Gasteiger partial charge is 0.176 e. The predicted molar refractivity (Wildman–Crippen MR) is 107 cm³/mol. The molecule has 0 fully saturated rings. The Kier molecular flexibility index (Phi) is 4.77. The lowest BCUT2D eigenvalue weighted by Gasteiger charge is -2.12. The monoisotopic (exact) mass is 402 g/mol. The second-order valence-electron chi connectivity index (χ2n) is 5.73. The van der Waals surface area contributed by atoms with E-state index in [-0.39, 0.29) is 0 Å². The third-order valence-electron chi connectivity index (χ3n) is 3.98. The van der Waals surface area contributed by atoms with E-state index in [1.807, 2.05) is 60.7 Å². The number of rotatable bonds is 4. The zero-order valence-electron chi connectivity index (χ0n) is 13.5. The van der Waals surface area contributed by atoms with Crippen molar-refractivity contribution in [1.82, 2.24) is 9.71 Å². The molecular weight excluding hydrogens is 391 g/mol. The van der Waals surface area contributed by atoms with Gasteiger partial charge in [0.05, 0.1) is 5.52 Å². The highest BCUT2D eigenvalue weighted by Crippen LogP contribution is 2.27. The summed E-state index contributed by atoms with van der Waals surface area (Å²) in [5.41, 5.74) is 3.36. The molecule has 0 spiro atoms. The van der Waals surface area contributed by atoms with E-state index in [2.05, 4.69) is 0 Å². The Labute approximate surface area is 165 Å². The van der Waals surface area contributed by atoms with Crippen LogP contribution in [0.5, 0.6) is 0 Å². The fraction of sp³-hybridized carbons (Fsp3) is 0.0500. The van der Waals surface area contributed by atoms with Crippen molar-refractivity contribution in [2.45, 2.75) is 6.61 Å². The maximum absolute atomic E-state index is 6.24. The van der Waals surface area contributed by atoms with Crippen molar-refractivity contribution in [2.75, 3.05) is 0 Å². The molecule has 0 radical (unpaired) electrons. The first-order chi connectivity index (χ1) is 12.6. The standard InChI is InChI=1S/C20H13Cl3N2O/c21-15-7-5-13(6-8-15)20-24-18-10-9-16(22)11-19(18)25(20)26-12-14-3-1-2-4-17(14)23/h1-11H,12H2. The van der Waals surface area contributed by atoms with Gasteiger partial charge in [0.2, 0.25) is 0 Å². The quantitative estimate of drug-likeness (QED) is 0.400. The fourth-order valence-corrected chi connectivity index (χ4v) is 3.17. The average molecular weight is 404 g/mol. The first kappa shape index (κ1) is 17.2. The van der Waals surface area contributed by atoms with Crippen molar-refractivity contribution in [3.05, 3.63) is 87.4 Å². The third kappa shape index (κ3) is 3.38. The number of hydrogen-bond acceptors (Lipinski definition) is 2. The summed E-state index contributed by atoms with van der Waals surface area (Å²) in [6.07, 6.45) is 0. The number of imidazole rings is 1. The summed E-state index contributed by atoms with van der Waals surface area (Å²) in [5.74, 6) is 0.672. The van der Waals surface area contributed by atoms with Gasteiger partial charge >= 0.3 is 0 Å². The second kappa shape index (κ2) is 7.20. The summed E-state index contributed by atoms with van der Waals surface area (Å²) in [6, 6.07) is 20.5. The number of hydrogen-bond donors (Lipinski definition) is 0. The van der Waals surface area contributed by atoms with E-state index in [1.165, 1.54) is 0 Å². The molecule has 0 saturated heterocycles. The second-order valence-corrected chi connectivity index (χ2v) is 7.01. The number of aromatic nitrogens is 2. The van der Waals surface area contributed by atoms with Crippen LogP contribution in [0.4, 0.5) is 0 Å². The molecule has 0 amide bonds. The van der Waals surface area contributed by atoms with E-state index in [4.69, 9.17) is 44.6 Å². The van der Waals surface area contributed by atoms with Crippen molar-refractivity contribution in [2.24, 2.45) is 0 Å². The molecule has 26 heavy (non-hydrogen) atoms. The molecule has 0 N–H and O–H groups in total. The molecule has 6 heteroatoms. The van der Waals surface area contributed by atoms with E-state index in [1.54, 1.807) is 10.8 Å². The SMILES string of the molecule is Clc1ccc(-c2nc3ccc(Cl)cc3n2OCc2ccccc2Cl)cc1. The molecule has 3 aromatic carbocycles. The van der Waals surface area contributed by atoms with Gasteiger partial charge in [0.1, 0.15) is 12.1 Å². The molecule has 0 aliphatic rings. The lowest BCUT2D eigenvalue weighted by Crippen LogP contribution is -2.13. The van der Waals surface area contributed by atoms with Gasteiger partial charge in [-0.15, -0.1) is 0 Å². The highest BCUT2D eigenvalue weighted by molar-refractivity contribution is 6.31. The summed E-state index contributed by atoms with van der Waals surface area (Å²) in [4.78, 5) is 10.8. The Morgan fingerprint density at radius 2 is 1.58 bits per heavy atom. The number of fused-ring (bicyclic) bond motifs is 1. The molecule has 1 aromatic heterocycles. The van der Waals surface area contributed by atoms with E-state index in [9.17, 15) is 0 Å². The van der Waals surface area contributed by atoms with Gasteiger partial charge in [0, 0.05) is 26.2 Å². The van der Waals surface area contributed by atoms with Crippen LogP contribution in [0.2, 0.25) is 15.1 Å². The van der Waals surface area contributed by atoms with Crippen molar-refractivity contribution in [3.63, 3.8) is 0 Å². The molecule has 0 bridgehead atoms. The van der Waals surface area contributed by atoms with Crippen LogP contribution < -0.4 is 4.84 Å². The maximum Gasteiger partial charge on any atom is 0.176 e. The molecule has 4 rings (SSSR count). The first-order valence-corrected chi connectivity index (χ1v) is 9.06. The van der Waals surface area contributed by atoms with Crippen LogP contribution in [0.1, 0.15) is 5.56 Å². The summed E-state index contributed by atoms with van der Waals surface area (Å²) in [7, 11) is 0. The van der Waals surface area contributed by atoms with Crippen LogP contribution >= 0.6 is 34.8 Å². The summed E-state index contributed by atoms with van der Waals surface area (Å²) in [6.45, 7) is 0.304. The third-order valence-corrected chi connectivity index (χ3v) is 4.84. The summed E-state index contributed by atoms with van der Waals surface area (Å²) < 4.78 is 1.69. The zero-order valence-corrected chi connectivity index (χ0v) is 15.8. The molecule has 0 aliphatic carbocycles. The lowest BCUT2D eigenvalue weighted by molar-refractivity contribution is 0.110. The molecule has 1 heterocycles. The van der Waals surface area contributed by atoms with Crippen LogP contribution in [0.15, 0.2) is 66.7 Å². The van der Waals surface area contributed by atoms with Gasteiger partial charge in [-0.05, 0) is 48.5 Å². The molecular formula is C20H13Cl3N2O. The topological polar surface area (TPSA) is 27.1 Å². The molecule has 130 valence electrons. The Balaban J connectivity index is 1.80. The highest BCUT2D eigenvalue weighted by Gasteiger charge is 2.15. The first-order valence-electron chi connectivity index (χ1n) is 7.92. The molecule has 0 aliphatic heterocycles.